The molecule has 4 fully saturated rings. The van der Waals surface area contributed by atoms with Crippen LogP contribution in [0, 0.1) is 64.2 Å². The van der Waals surface area contributed by atoms with Crippen molar-refractivity contribution >= 4 is 110 Å². The van der Waals surface area contributed by atoms with Gasteiger partial charge in [-0.15, -0.1) is 20.4 Å². The average Bonchev–Trinajstić information content (AvgIpc) is 1.04. The van der Waals surface area contributed by atoms with E-state index in [0.29, 0.717) is 181 Å². The summed E-state index contributed by atoms with van der Waals surface area (Å²) in [7, 11) is 0. The fourth-order valence-electron chi connectivity index (χ4n) is 17.9. The van der Waals surface area contributed by atoms with Crippen LogP contribution in [0.25, 0.3) is 67.3 Å². The number of carbonyl (C=O) groups is 8. The molecule has 41 heteroatoms. The zero-order chi connectivity index (χ0) is 106. The quantitative estimate of drug-likeness (QED) is 0.0191. The van der Waals surface area contributed by atoms with Crippen molar-refractivity contribution in [2.24, 2.45) is 23.7 Å². The number of aromatic nitrogens is 19. The van der Waals surface area contributed by atoms with Crippen LogP contribution in [-0.2, 0) is 25.6 Å². The molecule has 764 valence electrons. The van der Waals surface area contributed by atoms with E-state index in [1.165, 1.54) is 102 Å². The maximum atomic E-state index is 15.1. The van der Waals surface area contributed by atoms with Crippen LogP contribution in [0.4, 0.5) is 30.2 Å². The van der Waals surface area contributed by atoms with Gasteiger partial charge in [0.05, 0.1) is 45.1 Å². The van der Waals surface area contributed by atoms with Gasteiger partial charge in [-0.3, -0.25) is 38.4 Å². The van der Waals surface area contributed by atoms with Crippen LogP contribution in [0.1, 0.15) is 221 Å². The lowest BCUT2D eigenvalue weighted by Gasteiger charge is -2.18. The van der Waals surface area contributed by atoms with Crippen molar-refractivity contribution in [1.82, 2.24) is 75.6 Å². The van der Waals surface area contributed by atoms with E-state index in [2.05, 4.69) is 72.8 Å². The third-order valence-electron chi connectivity index (χ3n) is 26.7. The first-order valence-corrected chi connectivity index (χ1v) is 49.7. The summed E-state index contributed by atoms with van der Waals surface area (Å²) in [6, 6.07) is 55.5. The second kappa shape index (κ2) is 46.4. The summed E-state index contributed by atoms with van der Waals surface area (Å²) >= 11 is 24.8. The third-order valence-corrected chi connectivity index (χ3v) is 27.6. The van der Waals surface area contributed by atoms with Crippen molar-refractivity contribution < 1.29 is 70.4 Å². The lowest BCUT2D eigenvalue weighted by Crippen LogP contribution is -2.37. The van der Waals surface area contributed by atoms with E-state index in [1.54, 1.807) is 164 Å². The minimum absolute atomic E-state index is 0.0000551. The van der Waals surface area contributed by atoms with Gasteiger partial charge in [0.25, 0.3) is 6.43 Å². The number of aryl methyl sites for hydroxylation is 2. The molecule has 20 rings (SSSR count). The molecule has 34 nitrogen and oxygen atoms in total. The highest BCUT2D eigenvalue weighted by molar-refractivity contribution is 6.32. The molecule has 16 aromatic rings. The fourth-order valence-corrected chi connectivity index (χ4v) is 18.6. The smallest absolute Gasteiger partial charge is 0.283 e. The number of benzene rings is 8. The fraction of sp³-hybridized carbons (Fsp3) is 0.257. The van der Waals surface area contributed by atoms with Gasteiger partial charge in [0.2, 0.25) is 40.5 Å². The minimum Gasteiger partial charge on any atom is -0.618 e. The Labute approximate surface area is 877 Å². The van der Waals surface area contributed by atoms with Crippen LogP contribution in [0.15, 0.2) is 250 Å². The molecule has 0 radical (unpaired) electrons. The van der Waals surface area contributed by atoms with Crippen LogP contribution >= 0.6 is 46.4 Å². The number of pyridine rings is 4. The highest BCUT2D eigenvalue weighted by Crippen LogP contribution is 2.45. The van der Waals surface area contributed by atoms with Crippen LogP contribution < -0.4 is 34.9 Å². The summed E-state index contributed by atoms with van der Waals surface area (Å²) in [5.74, 6) is -2.77. The molecule has 4 atom stereocenters. The maximum absolute atomic E-state index is 15.1. The lowest BCUT2D eigenvalue weighted by molar-refractivity contribution is -0.614. The summed E-state index contributed by atoms with van der Waals surface area (Å²) < 4.78 is 49.6. The van der Waals surface area contributed by atoms with E-state index < -0.39 is 41.6 Å². The summed E-state index contributed by atoms with van der Waals surface area (Å²) in [5, 5.41) is 104. The Morgan fingerprint density at radius 1 is 0.387 bits per heavy atom. The zero-order valence-corrected chi connectivity index (χ0v) is 84.6. The molecule has 0 spiro atoms. The Hall–Kier alpha value is -16.4. The number of tetrazole rings is 3. The predicted octanol–water partition coefficient (Wildman–Crippen LogP) is 19.8. The topological polar surface area (TPSA) is 442 Å². The van der Waals surface area contributed by atoms with Crippen molar-refractivity contribution in [3.63, 3.8) is 0 Å². The van der Waals surface area contributed by atoms with E-state index in [0.717, 1.165) is 83.7 Å². The molecule has 4 unspecified atom stereocenters. The maximum Gasteiger partial charge on any atom is 0.283 e. The molecule has 0 saturated heterocycles. The second-order valence-electron chi connectivity index (χ2n) is 37.7. The van der Waals surface area contributed by atoms with Gasteiger partial charge in [0.15, 0.2) is 59.5 Å². The average molecular weight is 2110 g/mol. The Bertz CT molecular complexity index is 7790. The predicted molar refractivity (Wildman–Crippen MR) is 552 cm³/mol. The summed E-state index contributed by atoms with van der Waals surface area (Å²) in [6.07, 6.45) is 18.8. The van der Waals surface area contributed by atoms with Gasteiger partial charge < -0.3 is 36.8 Å². The van der Waals surface area contributed by atoms with Gasteiger partial charge in [0.1, 0.15) is 48.3 Å². The largest absolute Gasteiger partial charge is 0.618 e. The number of rotatable bonds is 34. The number of alkyl halides is 2. The first kappa shape index (κ1) is 105. The SMILES string of the molecule is CC(=O)c1ccc(CC(=O)C(CC2CC2)c2ccc(-c3cc(Cl)ccc3-n3cnnn3)c[n+]2[O-])c(C)c1.CC(=O)c1ccc(NC(=O)C(CC2CC2)c2ccc(-c3c(-n4cnnn4)ccc(Cl)c3F)c[n+]2[O-])cc1.CC(=O)c1ccc(NC(=O)C(CC2CC2)c2ccc(-c3cc(Cl)ccc3-n3cc(C(F)F)nn3)c[n+]2[O-])cc1.CC(=O)c1ccc(NC(=O)C(CC2CC2)c2ccc(-c3cc(Cl)ccc3-n3cnnn3)c[n+]2[O-])cc1C. The number of halogens is 7. The number of hydrogen-bond donors (Lipinski definition) is 3. The van der Waals surface area contributed by atoms with Crippen molar-refractivity contribution in [1.29, 1.82) is 0 Å². The first-order chi connectivity index (χ1) is 72.1. The van der Waals surface area contributed by atoms with Gasteiger partial charge in [0, 0.05) is 118 Å². The number of nitrogens with one attached hydrogen (secondary N) is 3. The highest BCUT2D eigenvalue weighted by atomic mass is 35.5. The van der Waals surface area contributed by atoms with E-state index in [1.807, 2.05) is 38.1 Å². The molecule has 8 aromatic carbocycles. The molecular weight excluding hydrogens is 2010 g/mol. The van der Waals surface area contributed by atoms with Crippen LogP contribution in [0.2, 0.25) is 20.1 Å². The number of nitrogens with zero attached hydrogens (tertiary/aromatic N) is 19. The number of carbonyl (C=O) groups excluding carboxylic acids is 8. The van der Waals surface area contributed by atoms with Gasteiger partial charge in [-0.05, 0) is 303 Å². The van der Waals surface area contributed by atoms with Crippen molar-refractivity contribution in [2.75, 3.05) is 16.0 Å². The molecule has 4 saturated carbocycles. The number of ketones is 5. The zero-order valence-electron chi connectivity index (χ0n) is 81.6. The summed E-state index contributed by atoms with van der Waals surface area (Å²) in [6.45, 7) is 9.71. The van der Waals surface area contributed by atoms with E-state index in [-0.39, 0.29) is 80.6 Å². The van der Waals surface area contributed by atoms with E-state index in [9.17, 15) is 68.0 Å². The molecule has 0 aliphatic heterocycles. The van der Waals surface area contributed by atoms with Crippen LogP contribution in [0.3, 0.4) is 0 Å². The molecule has 150 heavy (non-hydrogen) atoms. The molecule has 4 aliphatic carbocycles. The second-order valence-corrected chi connectivity index (χ2v) is 39.4. The number of amides is 3. The Morgan fingerprint density at radius 3 is 1.11 bits per heavy atom. The highest BCUT2D eigenvalue weighted by Gasteiger charge is 2.41. The number of Topliss-reactive ketones (excluding diaryl/α,β-unsaturated/α-hetero) is 5. The molecular formula is C109H97Cl4F3N22O12. The molecule has 8 heterocycles. The van der Waals surface area contributed by atoms with Gasteiger partial charge in [-0.1, -0.05) is 115 Å². The summed E-state index contributed by atoms with van der Waals surface area (Å²) in [5.41, 5.74) is 13.3. The Balaban J connectivity index is 0.000000136. The first-order valence-electron chi connectivity index (χ1n) is 48.2. The molecule has 4 aliphatic rings. The minimum atomic E-state index is -2.78. The molecule has 8 aromatic heterocycles. The molecule has 3 N–H and O–H groups in total. The normalized spacial score (nSPS) is 13.9. The standard InChI is InChI=1S/C28H24ClF2N5O3.C28H26ClN5O3.C27H25ClN6O3.C26H22ClFN6O3/c1-16(37)18-4-8-21(9-5-18)32-28(38)23(12-17-2-3-17)26-10-6-19(14-36(26)39)22-13-20(29)7-11-25(22)35-15-24(27(30)31)33-34-35;1-17-11-21(18(2)35)6-5-20(17)13-28(36)25(12-19-3-4-19)27-9-7-22(15-34(27)37)24-14-23(29)8-10-26(24)33-16-30-31-32-33;1-16-11-21(7-8-22(16)17(2)35)30-27(36)24(12-18-3-4-18)26-9-5-19(14-34(26)37)23-13-20(28)6-10-25(23)33-15-29-31-32-33;1-15(35)17-4-7-19(8-5-17)30-26(36)20(12-16-2-3-16)22-10-6-18(13-34(22)37)24-23(33-14-29-31-32-33)11-9-21(27)25(24)28/h4-11,13-15,17,23,27H,2-3,12H2,1H3,(H,32,38);5-11,14-16,19,25H,3-4,12-13H2,1-2H3;5-11,13-15,18,24H,3-4,12H2,1-2H3,(H,30,36);4-11,13-14,16,20H,2-3,12H2,1H3,(H,30,36). The molecule has 0 bridgehead atoms. The monoisotopic (exact) mass is 2100 g/mol. The van der Waals surface area contributed by atoms with Crippen LogP contribution in [0.5, 0.6) is 0 Å². The number of anilines is 3. The van der Waals surface area contributed by atoms with Gasteiger partial charge in [-0.2, -0.15) is 33.0 Å². The third kappa shape index (κ3) is 25.7. The number of hydrogen-bond acceptors (Lipinski definition) is 23. The molecule has 3 amide bonds. The van der Waals surface area contributed by atoms with Crippen molar-refractivity contribution in [3.8, 4) is 67.3 Å². The Morgan fingerprint density at radius 2 is 0.747 bits per heavy atom. The van der Waals surface area contributed by atoms with Gasteiger partial charge >= 0.3 is 0 Å². The summed E-state index contributed by atoms with van der Waals surface area (Å²) in [4.78, 5) is 100. The lowest BCUT2D eigenvalue weighted by atomic mass is 9.88. The van der Waals surface area contributed by atoms with Crippen molar-refractivity contribution in [2.45, 2.75) is 155 Å². The van der Waals surface area contributed by atoms with E-state index >= 15 is 4.39 Å². The van der Waals surface area contributed by atoms with Crippen molar-refractivity contribution in [3.05, 3.63) is 364 Å². The Kier molecular flexibility index (Phi) is 32.4. The van der Waals surface area contributed by atoms with Crippen LogP contribution in [-0.4, -0.2) is 122 Å². The van der Waals surface area contributed by atoms with E-state index in [4.69, 9.17) is 46.4 Å². The van der Waals surface area contributed by atoms with Gasteiger partial charge in [-0.25, -0.2) is 17.9 Å².